The Morgan fingerprint density at radius 2 is 2.25 bits per heavy atom. The molecule has 0 radical (unpaired) electrons. The third-order valence-electron chi connectivity index (χ3n) is 2.95. The molecule has 1 fully saturated rings. The first-order valence-corrected chi connectivity index (χ1v) is 5.28. The Balaban J connectivity index is 2.09. The van der Waals surface area contributed by atoms with Crippen LogP contribution in [0.4, 0.5) is 4.39 Å². The van der Waals surface area contributed by atoms with Gasteiger partial charge >= 0.3 is 5.97 Å². The Labute approximate surface area is 93.6 Å². The lowest BCUT2D eigenvalue weighted by Gasteiger charge is -2.11. The Bertz CT molecular complexity index is 394. The Morgan fingerprint density at radius 1 is 1.50 bits per heavy atom. The molecule has 1 saturated heterocycles. The van der Waals surface area contributed by atoms with Crippen molar-refractivity contribution in [2.45, 2.75) is 12.5 Å². The van der Waals surface area contributed by atoms with Gasteiger partial charge in [0, 0.05) is 18.2 Å². The van der Waals surface area contributed by atoms with Crippen molar-refractivity contribution in [3.63, 3.8) is 0 Å². The maximum Gasteiger partial charge on any atom is 0.310 e. The monoisotopic (exact) mass is 223 g/mol. The van der Waals surface area contributed by atoms with Gasteiger partial charge in [0.15, 0.2) is 0 Å². The summed E-state index contributed by atoms with van der Waals surface area (Å²) in [6, 6.07) is 6.54. The minimum atomic E-state index is -0.231. The molecule has 86 valence electrons. The van der Waals surface area contributed by atoms with E-state index in [9.17, 15) is 9.18 Å². The molecule has 2 rings (SSSR count). The molecule has 1 N–H and O–H groups in total. The van der Waals surface area contributed by atoms with Crippen molar-refractivity contribution in [2.24, 2.45) is 5.92 Å². The number of hydrogen-bond donors (Lipinski definition) is 1. The van der Waals surface area contributed by atoms with E-state index < -0.39 is 0 Å². The molecule has 0 amide bonds. The summed E-state index contributed by atoms with van der Waals surface area (Å²) in [5.74, 6) is -0.633. The number of rotatable bonds is 2. The third-order valence-corrected chi connectivity index (χ3v) is 2.95. The predicted octanol–water partition coefficient (Wildman–Crippen LogP) is 1.65. The number of methoxy groups -OCH3 is 1. The fourth-order valence-electron chi connectivity index (χ4n) is 2.08. The molecule has 1 aromatic carbocycles. The van der Waals surface area contributed by atoms with Crippen LogP contribution in [0.15, 0.2) is 24.3 Å². The normalized spacial score (nSPS) is 24.4. The van der Waals surface area contributed by atoms with E-state index in [-0.39, 0.29) is 23.7 Å². The van der Waals surface area contributed by atoms with Gasteiger partial charge in [0.25, 0.3) is 0 Å². The van der Waals surface area contributed by atoms with Crippen molar-refractivity contribution in [3.8, 4) is 0 Å². The van der Waals surface area contributed by atoms with Crippen molar-refractivity contribution in [1.29, 1.82) is 0 Å². The topological polar surface area (TPSA) is 38.3 Å². The minimum absolute atomic E-state index is 0.0923. The zero-order valence-electron chi connectivity index (χ0n) is 9.07. The Kier molecular flexibility index (Phi) is 3.19. The Hall–Kier alpha value is -1.42. The quantitative estimate of drug-likeness (QED) is 0.775. The maximum atomic E-state index is 13.5. The van der Waals surface area contributed by atoms with Crippen molar-refractivity contribution in [2.75, 3.05) is 13.7 Å². The van der Waals surface area contributed by atoms with Gasteiger partial charge in [-0.1, -0.05) is 18.2 Å². The molecule has 3 nitrogen and oxygen atoms in total. The first-order chi connectivity index (χ1) is 7.72. The van der Waals surface area contributed by atoms with E-state index in [0.29, 0.717) is 18.5 Å². The highest BCUT2D eigenvalue weighted by Crippen LogP contribution is 2.29. The molecule has 0 bridgehead atoms. The van der Waals surface area contributed by atoms with Crippen LogP contribution in [0.3, 0.4) is 0 Å². The van der Waals surface area contributed by atoms with Gasteiger partial charge in [-0.05, 0) is 12.5 Å². The zero-order valence-corrected chi connectivity index (χ0v) is 9.07. The zero-order chi connectivity index (χ0) is 11.5. The smallest absolute Gasteiger partial charge is 0.310 e. The van der Waals surface area contributed by atoms with E-state index in [1.807, 2.05) is 0 Å². The number of nitrogens with one attached hydrogen (secondary N) is 1. The van der Waals surface area contributed by atoms with Gasteiger partial charge < -0.3 is 10.1 Å². The van der Waals surface area contributed by atoms with Crippen LogP contribution in [0.2, 0.25) is 0 Å². The first kappa shape index (κ1) is 11.1. The van der Waals surface area contributed by atoms with E-state index in [2.05, 4.69) is 10.1 Å². The summed E-state index contributed by atoms with van der Waals surface area (Å²) in [7, 11) is 1.37. The van der Waals surface area contributed by atoms with Crippen molar-refractivity contribution >= 4 is 5.97 Å². The van der Waals surface area contributed by atoms with Gasteiger partial charge in [0.2, 0.25) is 0 Å². The Morgan fingerprint density at radius 3 is 2.94 bits per heavy atom. The molecule has 16 heavy (non-hydrogen) atoms. The molecule has 2 atom stereocenters. The van der Waals surface area contributed by atoms with Gasteiger partial charge in [-0.15, -0.1) is 0 Å². The van der Waals surface area contributed by atoms with Gasteiger partial charge in [0.05, 0.1) is 13.0 Å². The molecule has 1 aromatic rings. The van der Waals surface area contributed by atoms with Crippen LogP contribution >= 0.6 is 0 Å². The van der Waals surface area contributed by atoms with Crippen LogP contribution in [-0.2, 0) is 9.53 Å². The second-order valence-corrected chi connectivity index (χ2v) is 3.94. The predicted molar refractivity (Wildman–Crippen MR) is 57.3 cm³/mol. The van der Waals surface area contributed by atoms with Gasteiger partial charge in [-0.3, -0.25) is 4.79 Å². The lowest BCUT2D eigenvalue weighted by atomic mass is 10.00. The average molecular weight is 223 g/mol. The standard InChI is InChI=1S/C12H14FNO2/c1-16-12(15)8-6-11(14-7-8)9-4-2-3-5-10(9)13/h2-5,8,11,14H,6-7H2,1H3. The summed E-state index contributed by atoms with van der Waals surface area (Å²) in [6.45, 7) is 0.547. The number of benzene rings is 1. The number of ether oxygens (including phenoxy) is 1. The summed E-state index contributed by atoms with van der Waals surface area (Å²) in [6.07, 6.45) is 0.591. The summed E-state index contributed by atoms with van der Waals surface area (Å²) in [5, 5.41) is 3.14. The highest BCUT2D eigenvalue weighted by atomic mass is 19.1. The van der Waals surface area contributed by atoms with E-state index >= 15 is 0 Å². The highest BCUT2D eigenvalue weighted by molar-refractivity contribution is 5.73. The van der Waals surface area contributed by atoms with Crippen LogP contribution in [-0.4, -0.2) is 19.6 Å². The molecule has 4 heteroatoms. The third kappa shape index (κ3) is 2.07. The van der Waals surface area contributed by atoms with Crippen LogP contribution in [0.25, 0.3) is 0 Å². The van der Waals surface area contributed by atoms with E-state index in [0.717, 1.165) is 0 Å². The molecule has 0 aliphatic carbocycles. The van der Waals surface area contributed by atoms with Crippen LogP contribution in [0.1, 0.15) is 18.0 Å². The summed E-state index contributed by atoms with van der Waals surface area (Å²) in [4.78, 5) is 11.3. The van der Waals surface area contributed by atoms with Gasteiger partial charge in [-0.2, -0.15) is 0 Å². The molecule has 1 heterocycles. The molecule has 0 spiro atoms. The molecular formula is C12H14FNO2. The summed E-state index contributed by atoms with van der Waals surface area (Å²) < 4.78 is 18.2. The number of carbonyl (C=O) groups excluding carboxylic acids is 1. The molecule has 0 saturated carbocycles. The molecule has 2 unspecified atom stereocenters. The summed E-state index contributed by atoms with van der Waals surface area (Å²) in [5.41, 5.74) is 0.619. The molecular weight excluding hydrogens is 209 g/mol. The average Bonchev–Trinajstić information content (AvgIpc) is 2.78. The SMILES string of the molecule is COC(=O)C1CNC(c2ccccc2F)C1. The van der Waals surface area contributed by atoms with Crippen LogP contribution in [0, 0.1) is 11.7 Å². The number of halogens is 1. The van der Waals surface area contributed by atoms with Crippen molar-refractivity contribution in [3.05, 3.63) is 35.6 Å². The van der Waals surface area contributed by atoms with E-state index in [1.165, 1.54) is 13.2 Å². The number of carbonyl (C=O) groups is 1. The summed E-state index contributed by atoms with van der Waals surface area (Å²) >= 11 is 0. The minimum Gasteiger partial charge on any atom is -0.469 e. The lowest BCUT2D eigenvalue weighted by Crippen LogP contribution is -2.19. The van der Waals surface area contributed by atoms with Gasteiger partial charge in [0.1, 0.15) is 5.82 Å². The highest BCUT2D eigenvalue weighted by Gasteiger charge is 2.31. The molecule has 0 aromatic heterocycles. The van der Waals surface area contributed by atoms with Crippen molar-refractivity contribution in [1.82, 2.24) is 5.32 Å². The van der Waals surface area contributed by atoms with E-state index in [1.54, 1.807) is 18.2 Å². The van der Waals surface area contributed by atoms with Gasteiger partial charge in [-0.25, -0.2) is 4.39 Å². The first-order valence-electron chi connectivity index (χ1n) is 5.28. The number of hydrogen-bond acceptors (Lipinski definition) is 3. The van der Waals surface area contributed by atoms with Crippen molar-refractivity contribution < 1.29 is 13.9 Å². The maximum absolute atomic E-state index is 13.5. The lowest BCUT2D eigenvalue weighted by molar-refractivity contribution is -0.144. The fourth-order valence-corrected chi connectivity index (χ4v) is 2.08. The van der Waals surface area contributed by atoms with Crippen LogP contribution in [0.5, 0.6) is 0 Å². The van der Waals surface area contributed by atoms with Crippen LogP contribution < -0.4 is 5.32 Å². The largest absolute Gasteiger partial charge is 0.469 e. The number of esters is 1. The van der Waals surface area contributed by atoms with E-state index in [4.69, 9.17) is 0 Å². The molecule has 1 aliphatic rings. The second-order valence-electron chi connectivity index (χ2n) is 3.94. The fraction of sp³-hybridized carbons (Fsp3) is 0.417. The second kappa shape index (κ2) is 4.61. The molecule has 1 aliphatic heterocycles.